The Balaban J connectivity index is 0.00000172. The number of nitrogens with zero attached hydrogens (tertiary/aromatic N) is 1. The van der Waals surface area contributed by atoms with Crippen molar-refractivity contribution >= 4 is 34.8 Å². The number of hydrogen-bond donors (Lipinski definition) is 1. The van der Waals surface area contributed by atoms with E-state index >= 15 is 0 Å². The summed E-state index contributed by atoms with van der Waals surface area (Å²) < 4.78 is 22.6. The first-order chi connectivity index (χ1) is 18.3. The molecule has 1 aromatic heterocycles. The van der Waals surface area contributed by atoms with Crippen LogP contribution in [0.5, 0.6) is 0 Å². The average Bonchev–Trinajstić information content (AvgIpc) is 2.91. The summed E-state index contributed by atoms with van der Waals surface area (Å²) in [6, 6.07) is 9.79. The molecule has 38 heavy (non-hydrogen) atoms. The van der Waals surface area contributed by atoms with Crippen LogP contribution in [0.3, 0.4) is 0 Å². The molecule has 1 aliphatic rings. The van der Waals surface area contributed by atoms with Crippen molar-refractivity contribution in [2.45, 2.75) is 71.9 Å². The van der Waals surface area contributed by atoms with E-state index in [9.17, 15) is 8.78 Å². The predicted molar refractivity (Wildman–Crippen MR) is 162 cm³/mol. The van der Waals surface area contributed by atoms with E-state index in [1.165, 1.54) is 12.5 Å². The monoisotopic (exact) mass is 586 g/mol. The highest BCUT2D eigenvalue weighted by molar-refractivity contribution is 6.35. The van der Waals surface area contributed by atoms with Gasteiger partial charge in [0, 0.05) is 34.4 Å². The first kappa shape index (κ1) is 34.6. The van der Waals surface area contributed by atoms with Crippen LogP contribution in [0.25, 0.3) is 0 Å². The van der Waals surface area contributed by atoms with E-state index in [0.717, 1.165) is 43.6 Å². The van der Waals surface area contributed by atoms with Crippen molar-refractivity contribution < 1.29 is 8.78 Å². The summed E-state index contributed by atoms with van der Waals surface area (Å²) >= 11 is 19.0. The Morgan fingerprint density at radius 2 is 1.79 bits per heavy atom. The van der Waals surface area contributed by atoms with Gasteiger partial charge in [-0.05, 0) is 80.3 Å². The minimum Gasteiger partial charge on any atom is -0.313 e. The van der Waals surface area contributed by atoms with Crippen LogP contribution in [0.2, 0.25) is 15.1 Å². The summed E-state index contributed by atoms with van der Waals surface area (Å²) in [5.74, 6) is 1.35. The third kappa shape index (κ3) is 10.6. The molecule has 1 N–H and O–H groups in total. The molecule has 2 nitrogen and oxygen atoms in total. The molecule has 7 heteroatoms. The number of aromatic nitrogens is 1. The van der Waals surface area contributed by atoms with Gasteiger partial charge in [-0.3, -0.25) is 9.37 Å². The Bertz CT molecular complexity index is 993. The van der Waals surface area contributed by atoms with E-state index in [2.05, 4.69) is 31.3 Å². The molecule has 3 rings (SSSR count). The number of hydrogen-bond acceptors (Lipinski definition) is 2. The fourth-order valence-corrected chi connectivity index (χ4v) is 5.68. The van der Waals surface area contributed by atoms with Crippen LogP contribution in [0, 0.1) is 11.8 Å². The van der Waals surface area contributed by atoms with Gasteiger partial charge in [0.1, 0.15) is 6.17 Å². The SMILES string of the molecule is CC.CC/C(=C\C=C/C(C)F)CNCC1C(C)CCC(c2ccc(Cl)cc2Cl)C1c1ccc(Cl)cn1.CF. The van der Waals surface area contributed by atoms with Gasteiger partial charge < -0.3 is 5.32 Å². The lowest BCUT2D eigenvalue weighted by atomic mass is 9.63. The van der Waals surface area contributed by atoms with E-state index in [1.54, 1.807) is 12.3 Å². The molecule has 0 saturated heterocycles. The van der Waals surface area contributed by atoms with Crippen LogP contribution in [-0.4, -0.2) is 31.4 Å². The fraction of sp³-hybridized carbons (Fsp3) is 0.516. The van der Waals surface area contributed by atoms with Gasteiger partial charge in [-0.15, -0.1) is 0 Å². The van der Waals surface area contributed by atoms with Crippen molar-refractivity contribution in [3.8, 4) is 0 Å². The highest BCUT2D eigenvalue weighted by Gasteiger charge is 2.40. The van der Waals surface area contributed by atoms with Crippen LogP contribution in [0.15, 0.2) is 60.3 Å². The van der Waals surface area contributed by atoms with E-state index in [4.69, 9.17) is 39.8 Å². The van der Waals surface area contributed by atoms with Crippen LogP contribution in [0.4, 0.5) is 8.78 Å². The maximum absolute atomic E-state index is 13.1. The summed E-state index contributed by atoms with van der Waals surface area (Å²) in [6.45, 7) is 11.6. The smallest absolute Gasteiger partial charge is 0.116 e. The molecule has 5 unspecified atom stereocenters. The largest absolute Gasteiger partial charge is 0.313 e. The summed E-state index contributed by atoms with van der Waals surface area (Å²) in [5.41, 5.74) is 3.42. The lowest BCUT2D eigenvalue weighted by Crippen LogP contribution is -2.38. The minimum atomic E-state index is -0.935. The predicted octanol–water partition coefficient (Wildman–Crippen LogP) is 10.4. The summed E-state index contributed by atoms with van der Waals surface area (Å²) in [4.78, 5) is 4.74. The number of nitrogens with one attached hydrogen (secondary N) is 1. The van der Waals surface area contributed by atoms with Crippen LogP contribution >= 0.6 is 34.8 Å². The average molecular weight is 588 g/mol. The van der Waals surface area contributed by atoms with Gasteiger partial charge in [0.15, 0.2) is 0 Å². The fourth-order valence-electron chi connectivity index (χ4n) is 5.02. The van der Waals surface area contributed by atoms with E-state index in [1.807, 2.05) is 44.2 Å². The van der Waals surface area contributed by atoms with E-state index in [0.29, 0.717) is 34.1 Å². The molecule has 212 valence electrons. The molecule has 1 aromatic carbocycles. The zero-order valence-electron chi connectivity index (χ0n) is 23.5. The van der Waals surface area contributed by atoms with Gasteiger partial charge in [-0.2, -0.15) is 0 Å². The van der Waals surface area contributed by atoms with Crippen molar-refractivity contribution in [3.63, 3.8) is 0 Å². The van der Waals surface area contributed by atoms with Gasteiger partial charge in [0.05, 0.1) is 12.2 Å². The zero-order valence-corrected chi connectivity index (χ0v) is 25.7. The topological polar surface area (TPSA) is 24.9 Å². The van der Waals surface area contributed by atoms with Gasteiger partial charge in [0.2, 0.25) is 0 Å². The number of benzene rings is 1. The quantitative estimate of drug-likeness (QED) is 0.295. The van der Waals surface area contributed by atoms with E-state index in [-0.39, 0.29) is 11.8 Å². The molecule has 0 amide bonds. The minimum absolute atomic E-state index is 0.202. The van der Waals surface area contributed by atoms with E-state index < -0.39 is 6.17 Å². The Hall–Kier alpha value is -1.46. The van der Waals surface area contributed by atoms with Gasteiger partial charge >= 0.3 is 0 Å². The maximum Gasteiger partial charge on any atom is 0.116 e. The van der Waals surface area contributed by atoms with Crippen molar-refractivity contribution in [2.75, 3.05) is 20.3 Å². The second-order valence-corrected chi connectivity index (χ2v) is 10.6. The number of rotatable bonds is 9. The Morgan fingerprint density at radius 1 is 1.11 bits per heavy atom. The summed E-state index contributed by atoms with van der Waals surface area (Å²) in [5, 5.41) is 5.67. The third-order valence-corrected chi connectivity index (χ3v) is 7.69. The lowest BCUT2D eigenvalue weighted by Gasteiger charge is -2.42. The molecular weight excluding hydrogens is 545 g/mol. The van der Waals surface area contributed by atoms with Gasteiger partial charge in [0.25, 0.3) is 0 Å². The third-order valence-electron chi connectivity index (χ3n) is 6.91. The number of alkyl halides is 2. The molecular formula is C31H43Cl3F2N2. The zero-order chi connectivity index (χ0) is 28.7. The van der Waals surface area contributed by atoms with Crippen molar-refractivity contribution in [2.24, 2.45) is 11.8 Å². The summed E-state index contributed by atoms with van der Waals surface area (Å²) in [6.07, 6.45) is 9.28. The highest BCUT2D eigenvalue weighted by atomic mass is 35.5. The Morgan fingerprint density at radius 3 is 2.37 bits per heavy atom. The first-order valence-electron chi connectivity index (χ1n) is 13.4. The van der Waals surface area contributed by atoms with Crippen molar-refractivity contribution in [3.05, 3.63) is 86.7 Å². The van der Waals surface area contributed by atoms with Crippen LogP contribution in [0.1, 0.15) is 77.0 Å². The molecule has 0 spiro atoms. The first-order valence-corrected chi connectivity index (χ1v) is 14.6. The van der Waals surface area contributed by atoms with Crippen molar-refractivity contribution in [1.29, 1.82) is 0 Å². The second kappa shape index (κ2) is 18.8. The van der Waals surface area contributed by atoms with Gasteiger partial charge in [-0.25, -0.2) is 4.39 Å². The maximum atomic E-state index is 13.1. The number of halogens is 5. The Labute approximate surface area is 243 Å². The molecule has 2 aromatic rings. The van der Waals surface area contributed by atoms with Crippen LogP contribution in [-0.2, 0) is 0 Å². The lowest BCUT2D eigenvalue weighted by molar-refractivity contribution is 0.186. The molecule has 0 radical (unpaired) electrons. The molecule has 0 aliphatic heterocycles. The number of pyridine rings is 1. The standard InChI is InChI=1S/C28H34Cl3FN2.C2H6.CH3F/c1-4-20(7-5-6-19(3)32)15-33-17-25-18(2)8-11-24(23-12-9-21(29)14-26(23)31)28(25)27-13-10-22(30)16-34-27;2*1-2/h5-7,9-10,12-14,16,18-19,24-25,28,33H,4,8,11,15,17H2,1-3H3;1-2H3;1H3/b6-5-,20-7+;;. The highest BCUT2D eigenvalue weighted by Crippen LogP contribution is 2.50. The molecule has 1 aliphatic carbocycles. The molecule has 5 atom stereocenters. The van der Waals surface area contributed by atoms with Crippen LogP contribution < -0.4 is 5.32 Å². The molecule has 1 heterocycles. The molecule has 1 fully saturated rings. The van der Waals surface area contributed by atoms with Crippen molar-refractivity contribution in [1.82, 2.24) is 10.3 Å². The molecule has 1 saturated carbocycles. The Kier molecular flexibility index (Phi) is 17.1. The number of allylic oxidation sites excluding steroid dienone is 3. The normalized spacial score (nSPS) is 22.2. The molecule has 0 bridgehead atoms. The summed E-state index contributed by atoms with van der Waals surface area (Å²) in [7, 11) is 0.500. The van der Waals surface area contributed by atoms with Gasteiger partial charge in [-0.1, -0.05) is 92.4 Å². The second-order valence-electron chi connectivity index (χ2n) is 9.29.